The fourth-order valence-electron chi connectivity index (χ4n) is 3.11. The van der Waals surface area contributed by atoms with Gasteiger partial charge in [0, 0.05) is 29.9 Å². The first-order valence-electron chi connectivity index (χ1n) is 8.48. The maximum Gasteiger partial charge on any atom is 0.197 e. The van der Waals surface area contributed by atoms with Gasteiger partial charge in [-0.25, -0.2) is 23.7 Å². The van der Waals surface area contributed by atoms with Crippen molar-refractivity contribution in [3.05, 3.63) is 59.8 Å². The van der Waals surface area contributed by atoms with Crippen LogP contribution in [0.1, 0.15) is 37.6 Å². The number of benzene rings is 1. The van der Waals surface area contributed by atoms with Gasteiger partial charge in [-0.2, -0.15) is 0 Å². The van der Waals surface area contributed by atoms with Crippen molar-refractivity contribution >= 4 is 22.2 Å². The van der Waals surface area contributed by atoms with Crippen LogP contribution in [0.3, 0.4) is 0 Å². The smallest absolute Gasteiger partial charge is 0.197 e. The molecule has 3 heterocycles. The number of aromatic nitrogens is 5. The Morgan fingerprint density at radius 2 is 1.85 bits per heavy atom. The van der Waals surface area contributed by atoms with Crippen LogP contribution >= 0.6 is 0 Å². The van der Waals surface area contributed by atoms with Crippen LogP contribution in [0.5, 0.6) is 0 Å². The second-order valence-corrected chi connectivity index (χ2v) is 6.30. The van der Waals surface area contributed by atoms with Crippen LogP contribution in [-0.4, -0.2) is 24.5 Å². The molecule has 0 radical (unpaired) electrons. The van der Waals surface area contributed by atoms with Crippen molar-refractivity contribution in [1.82, 2.24) is 24.5 Å². The van der Waals surface area contributed by atoms with E-state index in [1.54, 1.807) is 18.5 Å². The van der Waals surface area contributed by atoms with Gasteiger partial charge in [-0.15, -0.1) is 0 Å². The largest absolute Gasteiger partial charge is 0.307 e. The topological polar surface area (TPSA) is 56.5 Å². The van der Waals surface area contributed by atoms with E-state index in [2.05, 4.69) is 33.8 Å². The van der Waals surface area contributed by atoms with Crippen LogP contribution in [0.15, 0.2) is 36.8 Å². The lowest BCUT2D eigenvalue weighted by Crippen LogP contribution is -2.09. The quantitative estimate of drug-likeness (QED) is 0.551. The molecular weight excluding hydrogens is 336 g/mol. The van der Waals surface area contributed by atoms with Gasteiger partial charge in [-0.3, -0.25) is 4.98 Å². The Morgan fingerprint density at radius 3 is 2.65 bits per heavy atom. The van der Waals surface area contributed by atoms with Gasteiger partial charge < -0.3 is 4.57 Å². The minimum absolute atomic E-state index is 0.0306. The third-order valence-electron chi connectivity index (χ3n) is 4.69. The lowest BCUT2D eigenvalue weighted by molar-refractivity contribution is 0.515. The number of hydrogen-bond acceptors (Lipinski definition) is 4. The third-order valence-corrected chi connectivity index (χ3v) is 4.69. The van der Waals surface area contributed by atoms with E-state index in [1.807, 2.05) is 10.6 Å². The SMILES string of the molecule is CCC(C)c1nc2nccnc2n1Cc1ccnc2c(F)c(F)ccc12. The average Bonchev–Trinajstić information content (AvgIpc) is 3.03. The molecule has 0 aliphatic heterocycles. The molecule has 7 heteroatoms. The lowest BCUT2D eigenvalue weighted by atomic mass is 10.1. The summed E-state index contributed by atoms with van der Waals surface area (Å²) in [5.74, 6) is -0.738. The van der Waals surface area contributed by atoms with E-state index in [0.717, 1.165) is 23.9 Å². The lowest BCUT2D eigenvalue weighted by Gasteiger charge is -2.14. The van der Waals surface area contributed by atoms with E-state index in [-0.39, 0.29) is 11.4 Å². The molecule has 1 atom stereocenters. The highest BCUT2D eigenvalue weighted by atomic mass is 19.2. The van der Waals surface area contributed by atoms with Crippen molar-refractivity contribution in [3.8, 4) is 0 Å². The highest BCUT2D eigenvalue weighted by molar-refractivity contribution is 5.82. The Labute approximate surface area is 148 Å². The molecule has 0 saturated heterocycles. The van der Waals surface area contributed by atoms with Gasteiger partial charge in [0.2, 0.25) is 0 Å². The molecule has 4 rings (SSSR count). The Balaban J connectivity index is 1.90. The molecule has 0 spiro atoms. The highest BCUT2D eigenvalue weighted by Gasteiger charge is 2.19. The number of imidazole rings is 1. The van der Waals surface area contributed by atoms with Crippen molar-refractivity contribution in [1.29, 1.82) is 0 Å². The Kier molecular flexibility index (Phi) is 4.06. The van der Waals surface area contributed by atoms with Crippen LogP contribution in [0, 0.1) is 11.6 Å². The molecule has 26 heavy (non-hydrogen) atoms. The van der Waals surface area contributed by atoms with Crippen LogP contribution in [0.4, 0.5) is 8.78 Å². The van der Waals surface area contributed by atoms with E-state index >= 15 is 0 Å². The maximum atomic E-state index is 14.1. The third kappa shape index (κ3) is 2.60. The van der Waals surface area contributed by atoms with Crippen molar-refractivity contribution in [3.63, 3.8) is 0 Å². The summed E-state index contributed by atoms with van der Waals surface area (Å²) in [5.41, 5.74) is 2.11. The number of hydrogen-bond donors (Lipinski definition) is 0. The summed E-state index contributed by atoms with van der Waals surface area (Å²) in [4.78, 5) is 17.3. The maximum absolute atomic E-state index is 14.1. The molecule has 0 aliphatic rings. The number of rotatable bonds is 4. The summed E-state index contributed by atoms with van der Waals surface area (Å²) in [6.45, 7) is 4.62. The average molecular weight is 353 g/mol. The molecule has 0 saturated carbocycles. The minimum Gasteiger partial charge on any atom is -0.307 e. The van der Waals surface area contributed by atoms with Gasteiger partial charge in [0.05, 0.1) is 6.54 Å². The Morgan fingerprint density at radius 1 is 1.04 bits per heavy atom. The first-order valence-corrected chi connectivity index (χ1v) is 8.48. The fraction of sp³-hybridized carbons (Fsp3) is 0.263. The molecule has 0 amide bonds. The standard InChI is InChI=1S/C19H17F2N5/c1-3-11(2)18-25-17-19(24-9-8-23-17)26(18)10-12-6-7-22-16-13(12)4-5-14(20)15(16)21/h4-9,11H,3,10H2,1-2H3. The molecule has 3 aromatic heterocycles. The zero-order valence-corrected chi connectivity index (χ0v) is 14.4. The molecule has 132 valence electrons. The summed E-state index contributed by atoms with van der Waals surface area (Å²) in [6, 6.07) is 4.50. The molecule has 1 unspecified atom stereocenters. The van der Waals surface area contributed by atoms with Gasteiger partial charge in [0.1, 0.15) is 11.3 Å². The van der Waals surface area contributed by atoms with Crippen molar-refractivity contribution in [2.45, 2.75) is 32.7 Å². The summed E-state index contributed by atoms with van der Waals surface area (Å²) in [5, 5.41) is 0.576. The van der Waals surface area contributed by atoms with Gasteiger partial charge in [0.15, 0.2) is 22.9 Å². The summed E-state index contributed by atoms with van der Waals surface area (Å²) >= 11 is 0. The molecule has 0 N–H and O–H groups in total. The van der Waals surface area contributed by atoms with E-state index in [0.29, 0.717) is 23.2 Å². The Bertz CT molecular complexity index is 1110. The Hall–Kier alpha value is -2.96. The van der Waals surface area contributed by atoms with Crippen molar-refractivity contribution in [2.24, 2.45) is 0 Å². The normalized spacial score (nSPS) is 12.8. The van der Waals surface area contributed by atoms with E-state index in [4.69, 9.17) is 0 Å². The molecule has 1 aromatic carbocycles. The molecule has 0 bridgehead atoms. The summed E-state index contributed by atoms with van der Waals surface area (Å²) in [6.07, 6.45) is 5.65. The van der Waals surface area contributed by atoms with Gasteiger partial charge >= 0.3 is 0 Å². The molecular formula is C19H17F2N5. The number of nitrogens with zero attached hydrogens (tertiary/aromatic N) is 5. The zero-order chi connectivity index (χ0) is 18.3. The van der Waals surface area contributed by atoms with Crippen LogP contribution in [-0.2, 0) is 6.54 Å². The van der Waals surface area contributed by atoms with Crippen LogP contribution in [0.25, 0.3) is 22.2 Å². The first-order chi connectivity index (χ1) is 12.6. The first kappa shape index (κ1) is 16.5. The van der Waals surface area contributed by atoms with Crippen LogP contribution in [0.2, 0.25) is 0 Å². The van der Waals surface area contributed by atoms with Crippen molar-refractivity contribution < 1.29 is 8.78 Å². The van der Waals surface area contributed by atoms with E-state index < -0.39 is 11.6 Å². The summed E-state index contributed by atoms with van der Waals surface area (Å²) < 4.78 is 29.6. The monoisotopic (exact) mass is 353 g/mol. The second-order valence-electron chi connectivity index (χ2n) is 6.30. The van der Waals surface area contributed by atoms with Crippen LogP contribution < -0.4 is 0 Å². The minimum atomic E-state index is -0.929. The van der Waals surface area contributed by atoms with Gasteiger partial charge in [0.25, 0.3) is 0 Å². The number of pyridine rings is 1. The van der Waals surface area contributed by atoms with E-state index in [1.165, 1.54) is 6.20 Å². The zero-order valence-electron chi connectivity index (χ0n) is 14.4. The van der Waals surface area contributed by atoms with Gasteiger partial charge in [-0.05, 0) is 30.2 Å². The van der Waals surface area contributed by atoms with Gasteiger partial charge in [-0.1, -0.05) is 13.8 Å². The second kappa shape index (κ2) is 6.40. The molecule has 0 aliphatic carbocycles. The highest BCUT2D eigenvalue weighted by Crippen LogP contribution is 2.26. The van der Waals surface area contributed by atoms with E-state index in [9.17, 15) is 8.78 Å². The number of halogens is 2. The summed E-state index contributed by atoms with van der Waals surface area (Å²) in [7, 11) is 0. The predicted molar refractivity (Wildman–Crippen MR) is 94.8 cm³/mol. The fourth-order valence-corrected chi connectivity index (χ4v) is 3.11. The molecule has 5 nitrogen and oxygen atoms in total. The number of fused-ring (bicyclic) bond motifs is 2. The molecule has 0 fully saturated rings. The molecule has 4 aromatic rings. The predicted octanol–water partition coefficient (Wildman–Crippen LogP) is 4.21. The van der Waals surface area contributed by atoms with Crippen molar-refractivity contribution in [2.75, 3.05) is 0 Å².